The molecule has 2 heterocycles. The summed E-state index contributed by atoms with van der Waals surface area (Å²) >= 11 is 0. The Morgan fingerprint density at radius 3 is 2.67 bits per heavy atom. The van der Waals surface area contributed by atoms with E-state index in [-0.39, 0.29) is 5.96 Å². The van der Waals surface area contributed by atoms with E-state index in [2.05, 4.69) is 62.4 Å². The van der Waals surface area contributed by atoms with Crippen molar-refractivity contribution < 1.29 is 0 Å². The Morgan fingerprint density at radius 1 is 1.03 bits per heavy atom. The Morgan fingerprint density at radius 2 is 1.85 bits per heavy atom. The molecular weight excluding hydrogens is 410 g/mol. The fraction of sp³-hybridized carbons (Fsp3) is 0.269. The van der Waals surface area contributed by atoms with E-state index in [1.807, 2.05) is 30.5 Å². The van der Waals surface area contributed by atoms with Gasteiger partial charge in [-0.25, -0.2) is 9.98 Å². The maximum absolute atomic E-state index is 5.46. The fourth-order valence-corrected chi connectivity index (χ4v) is 4.57. The SMILES string of the molecule is NC(N)=NCc1ccc(CN(Cc2nc3ccccc3[nH]2)C2C=C3C=CC=NC3CC2)cc1. The standard InChI is InChI=1S/C26H29N7/c27-26(28)30-15-18-7-9-19(10-8-18)16-33(17-25-31-23-5-1-2-6-24(23)32-25)21-11-12-22-20(14-21)4-3-13-29-22/h1-10,13-14,21-22H,11-12,15-17H2,(H,31,32)(H4,27,28,30). The number of guanidine groups is 1. The zero-order valence-corrected chi connectivity index (χ0v) is 18.6. The van der Waals surface area contributed by atoms with Gasteiger partial charge < -0.3 is 16.5 Å². The minimum absolute atomic E-state index is 0.112. The van der Waals surface area contributed by atoms with Gasteiger partial charge in [0.15, 0.2) is 5.96 Å². The summed E-state index contributed by atoms with van der Waals surface area (Å²) in [6.45, 7) is 2.07. The predicted molar refractivity (Wildman–Crippen MR) is 134 cm³/mol. The molecule has 0 bridgehead atoms. The van der Waals surface area contributed by atoms with Crippen LogP contribution in [0.25, 0.3) is 11.0 Å². The monoisotopic (exact) mass is 439 g/mol. The highest BCUT2D eigenvalue weighted by atomic mass is 15.2. The highest BCUT2D eigenvalue weighted by Crippen LogP contribution is 2.29. The first-order valence-corrected chi connectivity index (χ1v) is 11.4. The van der Waals surface area contributed by atoms with Gasteiger partial charge in [0.1, 0.15) is 5.82 Å². The minimum atomic E-state index is 0.112. The number of aliphatic imine (C=N–C) groups is 2. The second kappa shape index (κ2) is 9.42. The number of dihydropyridines is 1. The molecule has 1 aromatic heterocycles. The third kappa shape index (κ3) is 5.04. The van der Waals surface area contributed by atoms with Gasteiger partial charge in [0, 0.05) is 18.8 Å². The van der Waals surface area contributed by atoms with Gasteiger partial charge in [0.25, 0.3) is 0 Å². The van der Waals surface area contributed by atoms with Crippen molar-refractivity contribution in [2.45, 2.75) is 44.6 Å². The number of hydrogen-bond donors (Lipinski definition) is 3. The number of imidazole rings is 1. The van der Waals surface area contributed by atoms with Crippen LogP contribution in [-0.2, 0) is 19.6 Å². The number of H-pyrrole nitrogens is 1. The van der Waals surface area contributed by atoms with E-state index in [4.69, 9.17) is 16.5 Å². The molecule has 2 atom stereocenters. The third-order valence-corrected chi connectivity index (χ3v) is 6.26. The molecule has 1 aliphatic heterocycles. The maximum Gasteiger partial charge on any atom is 0.186 e. The summed E-state index contributed by atoms with van der Waals surface area (Å²) in [7, 11) is 0. The molecule has 7 nitrogen and oxygen atoms in total. The van der Waals surface area contributed by atoms with E-state index in [0.29, 0.717) is 18.6 Å². The number of nitrogens with zero attached hydrogens (tertiary/aromatic N) is 4. The molecule has 33 heavy (non-hydrogen) atoms. The van der Waals surface area contributed by atoms with Crippen LogP contribution in [0.15, 0.2) is 82.3 Å². The summed E-state index contributed by atoms with van der Waals surface area (Å²) in [5.74, 6) is 1.10. The Labute approximate surface area is 193 Å². The highest BCUT2D eigenvalue weighted by Gasteiger charge is 2.26. The summed E-state index contributed by atoms with van der Waals surface area (Å²) in [5, 5.41) is 0. The molecule has 0 spiro atoms. The van der Waals surface area contributed by atoms with Crippen molar-refractivity contribution in [3.05, 3.63) is 89.3 Å². The molecule has 5 rings (SSSR count). The van der Waals surface area contributed by atoms with Gasteiger partial charge in [-0.15, -0.1) is 0 Å². The van der Waals surface area contributed by atoms with Crippen molar-refractivity contribution in [3.63, 3.8) is 0 Å². The number of allylic oxidation sites excluding steroid dienone is 1. The molecular formula is C26H29N7. The molecule has 168 valence electrons. The molecule has 0 fully saturated rings. The molecule has 2 aliphatic rings. The summed E-state index contributed by atoms with van der Waals surface area (Å²) in [4.78, 5) is 19.6. The minimum Gasteiger partial charge on any atom is -0.370 e. The molecule has 3 aromatic rings. The number of para-hydroxylation sites is 2. The number of aromatic nitrogens is 2. The summed E-state index contributed by atoms with van der Waals surface area (Å²) < 4.78 is 0. The van der Waals surface area contributed by atoms with Gasteiger partial charge in [-0.2, -0.15) is 0 Å². The molecule has 5 N–H and O–H groups in total. The Kier molecular flexibility index (Phi) is 6.04. The first kappa shape index (κ1) is 21.2. The van der Waals surface area contributed by atoms with E-state index in [1.54, 1.807) is 0 Å². The number of nitrogens with one attached hydrogen (secondary N) is 1. The van der Waals surface area contributed by atoms with Crippen molar-refractivity contribution in [2.75, 3.05) is 0 Å². The van der Waals surface area contributed by atoms with Crippen LogP contribution in [0.2, 0.25) is 0 Å². The predicted octanol–water partition coefficient (Wildman–Crippen LogP) is 3.44. The van der Waals surface area contributed by atoms with Crippen LogP contribution in [0.4, 0.5) is 0 Å². The first-order valence-electron chi connectivity index (χ1n) is 11.4. The molecule has 0 saturated heterocycles. The number of nitrogens with two attached hydrogens (primary N) is 2. The Bertz CT molecular complexity index is 1200. The largest absolute Gasteiger partial charge is 0.370 e. The fourth-order valence-electron chi connectivity index (χ4n) is 4.57. The van der Waals surface area contributed by atoms with E-state index in [0.717, 1.165) is 48.4 Å². The van der Waals surface area contributed by atoms with Crippen LogP contribution in [0.1, 0.15) is 29.8 Å². The van der Waals surface area contributed by atoms with Gasteiger partial charge in [0.2, 0.25) is 0 Å². The first-order chi connectivity index (χ1) is 16.1. The van der Waals surface area contributed by atoms with E-state index < -0.39 is 0 Å². The van der Waals surface area contributed by atoms with Crippen LogP contribution < -0.4 is 11.5 Å². The lowest BCUT2D eigenvalue weighted by atomic mass is 9.89. The van der Waals surface area contributed by atoms with Crippen LogP contribution in [-0.4, -0.2) is 39.1 Å². The second-order valence-corrected chi connectivity index (χ2v) is 8.65. The van der Waals surface area contributed by atoms with Crippen LogP contribution in [0, 0.1) is 0 Å². The van der Waals surface area contributed by atoms with E-state index >= 15 is 0 Å². The number of aromatic amines is 1. The van der Waals surface area contributed by atoms with Crippen molar-refractivity contribution in [1.82, 2.24) is 14.9 Å². The lowest BCUT2D eigenvalue weighted by Gasteiger charge is -2.34. The number of fused-ring (bicyclic) bond motifs is 2. The van der Waals surface area contributed by atoms with Crippen LogP contribution in [0.3, 0.4) is 0 Å². The normalized spacial score (nSPS) is 19.5. The van der Waals surface area contributed by atoms with Gasteiger partial charge >= 0.3 is 0 Å². The topological polar surface area (TPSA) is 109 Å². The van der Waals surface area contributed by atoms with Crippen molar-refractivity contribution >= 4 is 23.2 Å². The summed E-state index contributed by atoms with van der Waals surface area (Å²) in [6, 6.07) is 17.3. The molecule has 0 amide bonds. The zero-order chi connectivity index (χ0) is 22.6. The lowest BCUT2D eigenvalue weighted by Crippen LogP contribution is -2.37. The summed E-state index contributed by atoms with van der Waals surface area (Å²) in [6.07, 6.45) is 10.7. The smallest absolute Gasteiger partial charge is 0.186 e. The Balaban J connectivity index is 1.39. The highest BCUT2D eigenvalue weighted by molar-refractivity contribution is 5.76. The van der Waals surface area contributed by atoms with Crippen molar-refractivity contribution in [2.24, 2.45) is 21.5 Å². The molecule has 7 heteroatoms. The average Bonchev–Trinajstić information content (AvgIpc) is 3.25. The van der Waals surface area contributed by atoms with Crippen molar-refractivity contribution in [1.29, 1.82) is 0 Å². The molecule has 2 unspecified atom stereocenters. The third-order valence-electron chi connectivity index (χ3n) is 6.26. The number of rotatable bonds is 7. The van der Waals surface area contributed by atoms with Crippen molar-refractivity contribution in [3.8, 4) is 0 Å². The Hall–Kier alpha value is -3.71. The number of hydrogen-bond acceptors (Lipinski definition) is 4. The average molecular weight is 440 g/mol. The van der Waals surface area contributed by atoms with E-state index in [9.17, 15) is 0 Å². The van der Waals surface area contributed by atoms with Gasteiger partial charge in [-0.05, 0) is 47.8 Å². The molecule has 1 aliphatic carbocycles. The number of benzene rings is 2. The lowest BCUT2D eigenvalue weighted by molar-refractivity contribution is 0.188. The molecule has 0 radical (unpaired) electrons. The van der Waals surface area contributed by atoms with Gasteiger partial charge in [-0.3, -0.25) is 9.89 Å². The van der Waals surface area contributed by atoms with E-state index in [1.165, 1.54) is 11.1 Å². The molecule has 2 aromatic carbocycles. The quantitative estimate of drug-likeness (QED) is 0.387. The van der Waals surface area contributed by atoms with Crippen LogP contribution in [0.5, 0.6) is 0 Å². The van der Waals surface area contributed by atoms with Crippen LogP contribution >= 0.6 is 0 Å². The maximum atomic E-state index is 5.46. The zero-order valence-electron chi connectivity index (χ0n) is 18.6. The summed E-state index contributed by atoms with van der Waals surface area (Å²) in [5.41, 5.74) is 16.6. The molecule has 0 saturated carbocycles. The second-order valence-electron chi connectivity index (χ2n) is 8.65. The van der Waals surface area contributed by atoms with Gasteiger partial charge in [-0.1, -0.05) is 48.6 Å². The van der Waals surface area contributed by atoms with Gasteiger partial charge in [0.05, 0.1) is 30.2 Å².